The molecule has 0 N–H and O–H groups in total. The molecule has 0 aliphatic carbocycles. The summed E-state index contributed by atoms with van der Waals surface area (Å²) in [6.45, 7) is 5.64. The minimum atomic E-state index is 0.00271. The molecule has 0 saturated carbocycles. The number of ether oxygens (including phenoxy) is 1. The molecule has 1 amide bonds. The predicted octanol–water partition coefficient (Wildman–Crippen LogP) is 3.47. The summed E-state index contributed by atoms with van der Waals surface area (Å²) in [5.41, 5.74) is 2.17. The maximum Gasteiger partial charge on any atom is 0.266 e. The summed E-state index contributed by atoms with van der Waals surface area (Å²) in [6, 6.07) is 6.10. The van der Waals surface area contributed by atoms with Crippen molar-refractivity contribution >= 4 is 52.0 Å². The Morgan fingerprint density at radius 2 is 2.08 bits per heavy atom. The lowest BCUT2D eigenvalue weighted by Crippen LogP contribution is -2.32. The van der Waals surface area contributed by atoms with Gasteiger partial charge < -0.3 is 4.74 Å². The molecule has 0 bridgehead atoms. The number of benzene rings is 1. The van der Waals surface area contributed by atoms with Crippen LogP contribution in [0.15, 0.2) is 23.1 Å². The molecule has 0 unspecified atom stereocenters. The molecule has 0 spiro atoms. The highest BCUT2D eigenvalue weighted by Gasteiger charge is 2.30. The molecule has 0 aromatic heterocycles. The van der Waals surface area contributed by atoms with Gasteiger partial charge in [-0.1, -0.05) is 30.0 Å². The second-order valence-electron chi connectivity index (χ2n) is 5.89. The van der Waals surface area contributed by atoms with E-state index in [2.05, 4.69) is 11.0 Å². The van der Waals surface area contributed by atoms with Crippen LogP contribution in [0.1, 0.15) is 18.1 Å². The Kier molecular flexibility index (Phi) is 6.44. The summed E-state index contributed by atoms with van der Waals surface area (Å²) in [5, 5.41) is 0. The molecule has 4 nitrogen and oxygen atoms in total. The Labute approximate surface area is 163 Å². The molecule has 2 heterocycles. The maximum absolute atomic E-state index is 12.4. The molecule has 7 heteroatoms. The molecule has 0 radical (unpaired) electrons. The van der Waals surface area contributed by atoms with Gasteiger partial charge in [0, 0.05) is 43.2 Å². The third kappa shape index (κ3) is 4.39. The smallest absolute Gasteiger partial charge is 0.266 e. The molecule has 2 saturated heterocycles. The van der Waals surface area contributed by atoms with Crippen LogP contribution in [0.2, 0.25) is 0 Å². The first-order chi connectivity index (χ1) is 12.1. The second-order valence-corrected chi connectivity index (χ2v) is 8.79. The van der Waals surface area contributed by atoms with Crippen molar-refractivity contribution in [3.05, 3.63) is 34.2 Å². The van der Waals surface area contributed by atoms with Gasteiger partial charge in [-0.25, -0.2) is 0 Å². The molecule has 0 atom stereocenters. The van der Waals surface area contributed by atoms with Gasteiger partial charge in [-0.05, 0) is 30.7 Å². The standard InChI is InChI=1S/C18H22N2O2S3/c1-3-20-17(21)16(25-18(20)23)11-13-4-5-15(22-2)14(10-13)12-19-6-8-24-9-7-19/h4-5,10-11H,3,6-9,12H2,1-2H3/b16-11-. The first-order valence-corrected chi connectivity index (χ1v) is 10.7. The van der Waals surface area contributed by atoms with E-state index in [4.69, 9.17) is 17.0 Å². The minimum absolute atomic E-state index is 0.00271. The van der Waals surface area contributed by atoms with Gasteiger partial charge >= 0.3 is 0 Å². The van der Waals surface area contributed by atoms with Gasteiger partial charge in [-0.2, -0.15) is 11.8 Å². The molecular formula is C18H22N2O2S3. The van der Waals surface area contributed by atoms with Crippen molar-refractivity contribution < 1.29 is 9.53 Å². The Balaban J connectivity index is 1.82. The zero-order valence-corrected chi connectivity index (χ0v) is 16.9. The van der Waals surface area contributed by atoms with E-state index in [9.17, 15) is 4.79 Å². The van der Waals surface area contributed by atoms with Crippen molar-refractivity contribution in [2.45, 2.75) is 13.5 Å². The Bertz CT molecular complexity index is 700. The molecule has 1 aromatic rings. The third-order valence-electron chi connectivity index (χ3n) is 4.29. The number of thioether (sulfide) groups is 2. The SMILES string of the molecule is CCN1C(=O)/C(=C/c2ccc(OC)c(CN3CCSCC3)c2)SC1=S. The van der Waals surface area contributed by atoms with Gasteiger partial charge in [-0.3, -0.25) is 14.6 Å². The molecule has 1 aromatic carbocycles. The van der Waals surface area contributed by atoms with E-state index in [1.807, 2.05) is 36.9 Å². The van der Waals surface area contributed by atoms with E-state index in [1.54, 1.807) is 12.0 Å². The number of methoxy groups -OCH3 is 1. The topological polar surface area (TPSA) is 32.8 Å². The average molecular weight is 395 g/mol. The van der Waals surface area contributed by atoms with E-state index >= 15 is 0 Å². The first kappa shape index (κ1) is 18.8. The van der Waals surface area contributed by atoms with Gasteiger partial charge in [0.25, 0.3) is 5.91 Å². The maximum atomic E-state index is 12.4. The summed E-state index contributed by atoms with van der Waals surface area (Å²) >= 11 is 8.67. The fourth-order valence-electron chi connectivity index (χ4n) is 2.94. The van der Waals surface area contributed by atoms with Crippen LogP contribution in [-0.4, -0.2) is 58.3 Å². The van der Waals surface area contributed by atoms with Crippen molar-refractivity contribution in [2.24, 2.45) is 0 Å². The highest BCUT2D eigenvalue weighted by Crippen LogP contribution is 2.33. The lowest BCUT2D eigenvalue weighted by Gasteiger charge is -2.26. The summed E-state index contributed by atoms with van der Waals surface area (Å²) < 4.78 is 6.17. The number of likely N-dealkylation sites (N-methyl/N-ethyl adjacent to an activating group) is 1. The molecule has 3 rings (SSSR count). The van der Waals surface area contributed by atoms with Crippen molar-refractivity contribution in [2.75, 3.05) is 38.2 Å². The van der Waals surface area contributed by atoms with Gasteiger partial charge in [0.05, 0.1) is 12.0 Å². The van der Waals surface area contributed by atoms with Crippen LogP contribution in [0, 0.1) is 0 Å². The number of hydrogen-bond acceptors (Lipinski definition) is 6. The van der Waals surface area contributed by atoms with Crippen LogP contribution in [0.4, 0.5) is 0 Å². The van der Waals surface area contributed by atoms with Gasteiger partial charge in [0.2, 0.25) is 0 Å². The number of nitrogens with zero attached hydrogens (tertiary/aromatic N) is 2. The summed E-state index contributed by atoms with van der Waals surface area (Å²) in [7, 11) is 1.71. The van der Waals surface area contributed by atoms with E-state index in [-0.39, 0.29) is 5.91 Å². The van der Waals surface area contributed by atoms with Crippen LogP contribution in [0.3, 0.4) is 0 Å². The lowest BCUT2D eigenvalue weighted by molar-refractivity contribution is -0.121. The molecule has 2 fully saturated rings. The quantitative estimate of drug-likeness (QED) is 0.562. The number of rotatable bonds is 5. The Hall–Kier alpha value is -1.02. The first-order valence-electron chi connectivity index (χ1n) is 8.34. The normalized spacial score (nSPS) is 20.6. The number of amides is 1. The zero-order valence-electron chi connectivity index (χ0n) is 14.5. The van der Waals surface area contributed by atoms with Crippen LogP contribution < -0.4 is 4.74 Å². The average Bonchev–Trinajstić information content (AvgIpc) is 2.89. The lowest BCUT2D eigenvalue weighted by atomic mass is 10.1. The largest absolute Gasteiger partial charge is 0.496 e. The highest BCUT2D eigenvalue weighted by atomic mass is 32.2. The van der Waals surface area contributed by atoms with Crippen LogP contribution >= 0.6 is 35.7 Å². The van der Waals surface area contributed by atoms with Crippen LogP contribution in [0.25, 0.3) is 6.08 Å². The van der Waals surface area contributed by atoms with Gasteiger partial charge in [0.15, 0.2) is 0 Å². The molecular weight excluding hydrogens is 372 g/mol. The minimum Gasteiger partial charge on any atom is -0.496 e. The molecule has 25 heavy (non-hydrogen) atoms. The van der Waals surface area contributed by atoms with Crippen molar-refractivity contribution in [1.82, 2.24) is 9.80 Å². The van der Waals surface area contributed by atoms with Crippen molar-refractivity contribution in [3.63, 3.8) is 0 Å². The fourth-order valence-corrected chi connectivity index (χ4v) is 5.30. The van der Waals surface area contributed by atoms with Crippen LogP contribution in [0.5, 0.6) is 5.75 Å². The van der Waals surface area contributed by atoms with Gasteiger partial charge in [-0.15, -0.1) is 0 Å². The molecule has 134 valence electrons. The summed E-state index contributed by atoms with van der Waals surface area (Å²) in [5.74, 6) is 3.27. The van der Waals surface area contributed by atoms with Gasteiger partial charge in [0.1, 0.15) is 10.1 Å². The predicted molar refractivity (Wildman–Crippen MR) is 111 cm³/mol. The third-order valence-corrected chi connectivity index (χ3v) is 6.61. The Morgan fingerprint density at radius 3 is 2.72 bits per heavy atom. The number of carbonyl (C=O) groups excluding carboxylic acids is 1. The number of hydrogen-bond donors (Lipinski definition) is 0. The zero-order chi connectivity index (χ0) is 17.8. The molecule has 2 aliphatic rings. The van der Waals surface area contributed by atoms with Crippen molar-refractivity contribution in [1.29, 1.82) is 0 Å². The molecule has 2 aliphatic heterocycles. The van der Waals surface area contributed by atoms with E-state index in [0.717, 1.165) is 36.5 Å². The summed E-state index contributed by atoms with van der Waals surface area (Å²) in [4.78, 5) is 17.2. The second kappa shape index (κ2) is 8.58. The fraction of sp³-hybridized carbons (Fsp3) is 0.444. The Morgan fingerprint density at radius 1 is 1.32 bits per heavy atom. The number of carbonyl (C=O) groups is 1. The monoisotopic (exact) mass is 394 g/mol. The van der Waals surface area contributed by atoms with E-state index in [1.165, 1.54) is 23.3 Å². The summed E-state index contributed by atoms with van der Waals surface area (Å²) in [6.07, 6.45) is 1.93. The van der Waals surface area contributed by atoms with E-state index in [0.29, 0.717) is 15.8 Å². The van der Waals surface area contributed by atoms with E-state index < -0.39 is 0 Å². The highest BCUT2D eigenvalue weighted by molar-refractivity contribution is 8.26. The van der Waals surface area contributed by atoms with Crippen molar-refractivity contribution in [3.8, 4) is 5.75 Å². The van der Waals surface area contributed by atoms with Crippen LogP contribution in [-0.2, 0) is 11.3 Å². The number of thiocarbonyl (C=S) groups is 1.